The number of unbranched alkanes of at least 4 members (excludes halogenated alkanes) is 1. The minimum atomic E-state index is -1.15. The van der Waals surface area contributed by atoms with Crippen LogP contribution in [0.25, 0.3) is 0 Å². The van der Waals surface area contributed by atoms with E-state index in [1.54, 1.807) is 25.6 Å². The van der Waals surface area contributed by atoms with Crippen LogP contribution >= 0.6 is 11.8 Å². The molecule has 0 bridgehead atoms. The van der Waals surface area contributed by atoms with Crippen LogP contribution in [0.1, 0.15) is 46.5 Å². The highest BCUT2D eigenvalue weighted by molar-refractivity contribution is 7.98. The van der Waals surface area contributed by atoms with Crippen molar-refractivity contribution >= 4 is 35.5 Å². The van der Waals surface area contributed by atoms with Crippen molar-refractivity contribution in [2.24, 2.45) is 17.4 Å². The molecular weight excluding hydrogens is 410 g/mol. The van der Waals surface area contributed by atoms with E-state index in [1.165, 1.54) is 6.92 Å². The number of aliphatic carboxylic acids is 1. The monoisotopic (exact) mass is 447 g/mol. The lowest BCUT2D eigenvalue weighted by Crippen LogP contribution is -2.56. The van der Waals surface area contributed by atoms with Gasteiger partial charge in [-0.25, -0.2) is 4.79 Å². The third kappa shape index (κ3) is 10.8. The zero-order valence-electron chi connectivity index (χ0n) is 18.3. The van der Waals surface area contributed by atoms with E-state index in [1.807, 2.05) is 6.26 Å². The molecule has 0 saturated heterocycles. The van der Waals surface area contributed by atoms with Crippen molar-refractivity contribution < 1.29 is 24.3 Å². The molecule has 0 saturated carbocycles. The second-order valence-electron chi connectivity index (χ2n) is 7.53. The van der Waals surface area contributed by atoms with Crippen LogP contribution in [0.2, 0.25) is 0 Å². The van der Waals surface area contributed by atoms with Gasteiger partial charge in [0.05, 0.1) is 6.04 Å². The summed E-state index contributed by atoms with van der Waals surface area (Å²) in [6.45, 7) is 5.26. The first kappa shape index (κ1) is 28.1. The summed E-state index contributed by atoms with van der Waals surface area (Å²) in [6.07, 6.45) is 4.04. The molecule has 0 aliphatic rings. The van der Waals surface area contributed by atoms with Crippen molar-refractivity contribution in [3.8, 4) is 0 Å². The van der Waals surface area contributed by atoms with E-state index in [4.69, 9.17) is 11.5 Å². The lowest BCUT2D eigenvalue weighted by atomic mass is 10.0. The molecule has 4 unspecified atom stereocenters. The van der Waals surface area contributed by atoms with Crippen LogP contribution in [0.4, 0.5) is 0 Å². The number of carboxylic acid groups (broad SMARTS) is 1. The lowest BCUT2D eigenvalue weighted by molar-refractivity contribution is -0.143. The summed E-state index contributed by atoms with van der Waals surface area (Å²) in [5, 5.41) is 16.8. The summed E-state index contributed by atoms with van der Waals surface area (Å²) in [4.78, 5) is 48.6. The van der Waals surface area contributed by atoms with Crippen molar-refractivity contribution in [1.29, 1.82) is 0 Å². The fraction of sp³-hybridized carbons (Fsp3) is 0.789. The Morgan fingerprint density at radius 1 is 0.933 bits per heavy atom. The minimum Gasteiger partial charge on any atom is -0.480 e. The fourth-order valence-corrected chi connectivity index (χ4v) is 3.08. The topological polar surface area (TPSA) is 177 Å². The Labute approximate surface area is 182 Å². The molecule has 30 heavy (non-hydrogen) atoms. The van der Waals surface area contributed by atoms with Gasteiger partial charge in [0.25, 0.3) is 0 Å². The Morgan fingerprint density at radius 2 is 1.57 bits per heavy atom. The van der Waals surface area contributed by atoms with Gasteiger partial charge < -0.3 is 32.5 Å². The van der Waals surface area contributed by atoms with E-state index in [0.717, 1.165) is 5.75 Å². The van der Waals surface area contributed by atoms with Gasteiger partial charge in [-0.2, -0.15) is 11.8 Å². The number of thioether (sulfide) groups is 1. The highest BCUT2D eigenvalue weighted by Gasteiger charge is 2.29. The third-order valence-electron chi connectivity index (χ3n) is 4.53. The first-order valence-electron chi connectivity index (χ1n) is 10.1. The smallest absolute Gasteiger partial charge is 0.326 e. The molecule has 8 N–H and O–H groups in total. The molecule has 0 aliphatic heterocycles. The predicted octanol–water partition coefficient (Wildman–Crippen LogP) is -0.589. The van der Waals surface area contributed by atoms with Gasteiger partial charge in [-0.1, -0.05) is 13.8 Å². The van der Waals surface area contributed by atoms with Gasteiger partial charge in [-0.3, -0.25) is 14.4 Å². The van der Waals surface area contributed by atoms with Crippen LogP contribution in [0, 0.1) is 5.92 Å². The van der Waals surface area contributed by atoms with Crippen LogP contribution in [-0.2, 0) is 19.2 Å². The molecular formula is C19H37N5O5S. The van der Waals surface area contributed by atoms with Gasteiger partial charge in [0.2, 0.25) is 17.7 Å². The quantitative estimate of drug-likeness (QED) is 0.180. The van der Waals surface area contributed by atoms with Gasteiger partial charge in [-0.15, -0.1) is 0 Å². The molecule has 0 aromatic carbocycles. The van der Waals surface area contributed by atoms with Crippen LogP contribution in [0.3, 0.4) is 0 Å². The minimum absolute atomic E-state index is 0.319. The van der Waals surface area contributed by atoms with Crippen molar-refractivity contribution in [2.45, 2.75) is 70.6 Å². The van der Waals surface area contributed by atoms with Crippen molar-refractivity contribution in [1.82, 2.24) is 16.0 Å². The molecule has 174 valence electrons. The van der Waals surface area contributed by atoms with Crippen LogP contribution in [0.15, 0.2) is 0 Å². The average Bonchev–Trinajstić information content (AvgIpc) is 2.68. The van der Waals surface area contributed by atoms with Crippen LogP contribution in [-0.4, -0.2) is 71.5 Å². The summed E-state index contributed by atoms with van der Waals surface area (Å²) < 4.78 is 0. The van der Waals surface area contributed by atoms with Crippen LogP contribution in [0.5, 0.6) is 0 Å². The second-order valence-corrected chi connectivity index (χ2v) is 8.52. The summed E-state index contributed by atoms with van der Waals surface area (Å²) >= 11 is 1.57. The fourth-order valence-electron chi connectivity index (χ4n) is 2.59. The van der Waals surface area contributed by atoms with E-state index in [-0.39, 0.29) is 5.92 Å². The summed E-state index contributed by atoms with van der Waals surface area (Å²) in [5.41, 5.74) is 11.4. The molecule has 0 spiro atoms. The number of hydrogen-bond acceptors (Lipinski definition) is 7. The molecule has 0 radical (unpaired) electrons. The number of rotatable bonds is 15. The number of carbonyl (C=O) groups is 4. The van der Waals surface area contributed by atoms with E-state index in [0.29, 0.717) is 32.2 Å². The maximum Gasteiger partial charge on any atom is 0.326 e. The maximum absolute atomic E-state index is 12.7. The van der Waals surface area contributed by atoms with Crippen molar-refractivity contribution in [3.05, 3.63) is 0 Å². The summed E-state index contributed by atoms with van der Waals surface area (Å²) in [5.74, 6) is -2.33. The van der Waals surface area contributed by atoms with E-state index in [2.05, 4.69) is 16.0 Å². The van der Waals surface area contributed by atoms with E-state index >= 15 is 0 Å². The van der Waals surface area contributed by atoms with E-state index in [9.17, 15) is 24.3 Å². The molecule has 10 nitrogen and oxygen atoms in total. The Balaban J connectivity index is 5.01. The Hall–Kier alpha value is -1.85. The third-order valence-corrected chi connectivity index (χ3v) is 5.18. The van der Waals surface area contributed by atoms with Gasteiger partial charge in [-0.05, 0) is 57.1 Å². The molecule has 0 heterocycles. The standard InChI is InChI=1S/C19H37N5O5S/c1-11(2)15(19(28)29)24-16(25)12(3)22-18(27)14(7-5-6-9-20)23-17(26)13(21)8-10-30-4/h11-15H,5-10,20-21H2,1-4H3,(H,22,27)(H,23,26)(H,24,25)(H,28,29). The molecule has 3 amide bonds. The molecule has 11 heteroatoms. The predicted molar refractivity (Wildman–Crippen MR) is 118 cm³/mol. The zero-order chi connectivity index (χ0) is 23.3. The number of carboxylic acids is 1. The number of amides is 3. The largest absolute Gasteiger partial charge is 0.480 e. The molecule has 0 aliphatic carbocycles. The number of nitrogens with two attached hydrogens (primary N) is 2. The number of carbonyl (C=O) groups excluding carboxylic acids is 3. The highest BCUT2D eigenvalue weighted by atomic mass is 32.2. The Kier molecular flexibility index (Phi) is 14.1. The van der Waals surface area contributed by atoms with Gasteiger partial charge >= 0.3 is 5.97 Å². The molecule has 0 aromatic heterocycles. The van der Waals surface area contributed by atoms with Gasteiger partial charge in [0, 0.05) is 0 Å². The first-order valence-corrected chi connectivity index (χ1v) is 11.5. The number of hydrogen-bond donors (Lipinski definition) is 6. The van der Waals surface area contributed by atoms with E-state index < -0.39 is 47.9 Å². The second kappa shape index (κ2) is 15.0. The van der Waals surface area contributed by atoms with Gasteiger partial charge in [0.15, 0.2) is 0 Å². The average molecular weight is 448 g/mol. The molecule has 0 aromatic rings. The SMILES string of the molecule is CSCCC(N)C(=O)NC(CCCCN)C(=O)NC(C)C(=O)NC(C(=O)O)C(C)C. The number of nitrogens with one attached hydrogen (secondary N) is 3. The highest BCUT2D eigenvalue weighted by Crippen LogP contribution is 2.05. The normalized spacial score (nSPS) is 15.0. The molecule has 0 rings (SSSR count). The molecule has 4 atom stereocenters. The molecule has 0 fully saturated rings. The van der Waals surface area contributed by atoms with Crippen LogP contribution < -0.4 is 27.4 Å². The summed E-state index contributed by atoms with van der Waals surface area (Å²) in [7, 11) is 0. The van der Waals surface area contributed by atoms with Crippen molar-refractivity contribution in [2.75, 3.05) is 18.6 Å². The van der Waals surface area contributed by atoms with Gasteiger partial charge in [0.1, 0.15) is 18.1 Å². The Bertz CT molecular complexity index is 576. The maximum atomic E-state index is 12.7. The first-order chi connectivity index (χ1) is 14.0. The summed E-state index contributed by atoms with van der Waals surface area (Å²) in [6, 6.07) is -3.63. The lowest BCUT2D eigenvalue weighted by Gasteiger charge is -2.24. The van der Waals surface area contributed by atoms with Crippen molar-refractivity contribution in [3.63, 3.8) is 0 Å². The zero-order valence-corrected chi connectivity index (χ0v) is 19.1. The Morgan fingerprint density at radius 3 is 2.07 bits per heavy atom.